The number of hydrogen-bond acceptors (Lipinski definition) is 4. The lowest BCUT2D eigenvalue weighted by atomic mass is 10.1. The molecule has 0 bridgehead atoms. The Morgan fingerprint density at radius 2 is 1.85 bits per heavy atom. The van der Waals surface area contributed by atoms with Gasteiger partial charge in [-0.2, -0.15) is 0 Å². The second-order valence-electron chi connectivity index (χ2n) is 6.80. The summed E-state index contributed by atoms with van der Waals surface area (Å²) in [7, 11) is 1.86. The summed E-state index contributed by atoms with van der Waals surface area (Å²) in [5, 5.41) is 5.86. The first-order valence-corrected chi connectivity index (χ1v) is 8.92. The van der Waals surface area contributed by atoms with Crippen LogP contribution in [0.1, 0.15) is 23.2 Å². The van der Waals surface area contributed by atoms with Crippen molar-refractivity contribution in [1.82, 2.24) is 0 Å². The van der Waals surface area contributed by atoms with Gasteiger partial charge < -0.3 is 20.4 Å². The van der Waals surface area contributed by atoms with Gasteiger partial charge in [-0.25, -0.2) is 0 Å². The van der Waals surface area contributed by atoms with E-state index in [-0.39, 0.29) is 11.8 Å². The van der Waals surface area contributed by atoms with Gasteiger partial charge in [0.1, 0.15) is 0 Å². The maximum Gasteiger partial charge on any atom is 0.255 e. The molecular formula is C20H22N4O2. The Bertz CT molecular complexity index is 859. The Kier molecular flexibility index (Phi) is 4.24. The van der Waals surface area contributed by atoms with Crippen molar-refractivity contribution in [1.29, 1.82) is 0 Å². The minimum atomic E-state index is -0.179. The number of hydrogen-bond donors (Lipinski definition) is 2. The van der Waals surface area contributed by atoms with Gasteiger partial charge >= 0.3 is 0 Å². The van der Waals surface area contributed by atoms with Gasteiger partial charge in [0.25, 0.3) is 5.91 Å². The lowest BCUT2D eigenvalue weighted by Gasteiger charge is -2.27. The normalized spacial score (nSPS) is 16.3. The highest BCUT2D eigenvalue weighted by Gasteiger charge is 2.21. The summed E-state index contributed by atoms with van der Waals surface area (Å²) in [5.41, 5.74) is 3.99. The predicted molar refractivity (Wildman–Crippen MR) is 104 cm³/mol. The number of fused-ring (bicyclic) bond motifs is 1. The van der Waals surface area contributed by atoms with Gasteiger partial charge in [-0.05, 0) is 43.2 Å². The summed E-state index contributed by atoms with van der Waals surface area (Å²) in [6.45, 7) is 2.36. The number of rotatable bonds is 3. The SMILES string of the molecule is CN1CC(=O)Nc2cc(C(=O)Nc3ccccc3N3CCCC3)ccc21. The van der Waals surface area contributed by atoms with Gasteiger partial charge in [0.2, 0.25) is 5.91 Å². The van der Waals surface area contributed by atoms with Crippen molar-refractivity contribution in [2.45, 2.75) is 12.8 Å². The van der Waals surface area contributed by atoms with Crippen LogP contribution >= 0.6 is 0 Å². The van der Waals surface area contributed by atoms with Crippen LogP contribution in [0.2, 0.25) is 0 Å². The van der Waals surface area contributed by atoms with Gasteiger partial charge in [0, 0.05) is 25.7 Å². The first kappa shape index (κ1) is 16.4. The number of benzene rings is 2. The summed E-state index contributed by atoms with van der Waals surface area (Å²) >= 11 is 0. The highest BCUT2D eigenvalue weighted by molar-refractivity contribution is 6.09. The lowest BCUT2D eigenvalue weighted by molar-refractivity contribution is -0.115. The number of carbonyl (C=O) groups excluding carboxylic acids is 2. The number of likely N-dealkylation sites (N-methyl/N-ethyl adjacent to an activating group) is 1. The molecule has 0 unspecified atom stereocenters. The van der Waals surface area contributed by atoms with Crippen LogP contribution in [0.3, 0.4) is 0 Å². The van der Waals surface area contributed by atoms with Gasteiger partial charge in [0.05, 0.1) is 29.3 Å². The van der Waals surface area contributed by atoms with E-state index in [1.165, 1.54) is 12.8 Å². The van der Waals surface area contributed by atoms with E-state index in [0.717, 1.165) is 30.2 Å². The molecule has 0 aliphatic carbocycles. The second kappa shape index (κ2) is 6.71. The van der Waals surface area contributed by atoms with Crippen LogP contribution in [0.4, 0.5) is 22.7 Å². The summed E-state index contributed by atoms with van der Waals surface area (Å²) in [4.78, 5) is 28.7. The van der Waals surface area contributed by atoms with Gasteiger partial charge in [-0.1, -0.05) is 12.1 Å². The first-order chi connectivity index (χ1) is 12.6. The van der Waals surface area contributed by atoms with E-state index >= 15 is 0 Å². The zero-order valence-corrected chi connectivity index (χ0v) is 14.8. The highest BCUT2D eigenvalue weighted by Crippen LogP contribution is 2.31. The van der Waals surface area contributed by atoms with Gasteiger partial charge in [-0.15, -0.1) is 0 Å². The molecule has 26 heavy (non-hydrogen) atoms. The Morgan fingerprint density at radius 1 is 1.08 bits per heavy atom. The van der Waals surface area contributed by atoms with Crippen molar-refractivity contribution in [2.75, 3.05) is 47.1 Å². The van der Waals surface area contributed by atoms with E-state index < -0.39 is 0 Å². The molecule has 2 heterocycles. The average molecular weight is 350 g/mol. The molecule has 6 nitrogen and oxygen atoms in total. The fraction of sp³-hybridized carbons (Fsp3) is 0.300. The van der Waals surface area contributed by atoms with Crippen molar-refractivity contribution < 1.29 is 9.59 Å². The first-order valence-electron chi connectivity index (χ1n) is 8.92. The fourth-order valence-corrected chi connectivity index (χ4v) is 3.61. The molecule has 2 amide bonds. The van der Waals surface area contributed by atoms with Crippen LogP contribution in [0.5, 0.6) is 0 Å². The largest absolute Gasteiger partial charge is 0.370 e. The van der Waals surface area contributed by atoms with Crippen molar-refractivity contribution in [3.63, 3.8) is 0 Å². The molecule has 134 valence electrons. The maximum absolute atomic E-state index is 12.8. The van der Waals surface area contributed by atoms with Gasteiger partial charge in [-0.3, -0.25) is 9.59 Å². The number of nitrogens with one attached hydrogen (secondary N) is 2. The van der Waals surface area contributed by atoms with E-state index in [9.17, 15) is 9.59 Å². The molecule has 2 aliphatic heterocycles. The maximum atomic E-state index is 12.8. The second-order valence-corrected chi connectivity index (χ2v) is 6.80. The third-order valence-electron chi connectivity index (χ3n) is 4.92. The van der Waals surface area contributed by atoms with Crippen molar-refractivity contribution in [3.05, 3.63) is 48.0 Å². The molecule has 2 aromatic rings. The van der Waals surface area contributed by atoms with Crippen LogP contribution in [0, 0.1) is 0 Å². The van der Waals surface area contributed by atoms with E-state index in [1.54, 1.807) is 12.1 Å². The molecule has 0 aromatic heterocycles. The number of amides is 2. The standard InChI is InChI=1S/C20H22N4O2/c1-23-13-19(25)21-16-12-14(8-9-17(16)23)20(26)22-15-6-2-3-7-18(15)24-10-4-5-11-24/h2-3,6-9,12H,4-5,10-11,13H2,1H3,(H,21,25)(H,22,26). The monoisotopic (exact) mass is 350 g/mol. The molecule has 4 rings (SSSR count). The molecular weight excluding hydrogens is 328 g/mol. The minimum absolute atomic E-state index is 0.0723. The van der Waals surface area contributed by atoms with E-state index in [0.29, 0.717) is 17.8 Å². The Hall–Kier alpha value is -3.02. The Balaban J connectivity index is 1.58. The zero-order chi connectivity index (χ0) is 18.1. The molecule has 1 saturated heterocycles. The van der Waals surface area contributed by atoms with Crippen LogP contribution < -0.4 is 20.4 Å². The van der Waals surface area contributed by atoms with E-state index in [4.69, 9.17) is 0 Å². The average Bonchev–Trinajstić information content (AvgIpc) is 3.16. The molecule has 2 N–H and O–H groups in total. The summed E-state index contributed by atoms with van der Waals surface area (Å²) in [6.07, 6.45) is 2.36. The quantitative estimate of drug-likeness (QED) is 0.893. The number of anilines is 4. The molecule has 0 radical (unpaired) electrons. The molecule has 2 aliphatic rings. The van der Waals surface area contributed by atoms with E-state index in [2.05, 4.69) is 15.5 Å². The molecule has 0 spiro atoms. The Labute approximate surface area is 152 Å². The van der Waals surface area contributed by atoms with Crippen molar-refractivity contribution >= 4 is 34.6 Å². The molecule has 0 saturated carbocycles. The molecule has 0 atom stereocenters. The van der Waals surface area contributed by atoms with Gasteiger partial charge in [0.15, 0.2) is 0 Å². The summed E-state index contributed by atoms with van der Waals surface area (Å²) in [5.74, 6) is -0.251. The third kappa shape index (κ3) is 3.10. The molecule has 1 fully saturated rings. The van der Waals surface area contributed by atoms with Crippen LogP contribution in [0.25, 0.3) is 0 Å². The number of para-hydroxylation sites is 2. The number of carbonyl (C=O) groups is 2. The van der Waals surface area contributed by atoms with Crippen molar-refractivity contribution in [3.8, 4) is 0 Å². The van der Waals surface area contributed by atoms with Crippen LogP contribution in [0.15, 0.2) is 42.5 Å². The topological polar surface area (TPSA) is 64.7 Å². The van der Waals surface area contributed by atoms with E-state index in [1.807, 2.05) is 42.3 Å². The molecule has 2 aromatic carbocycles. The third-order valence-corrected chi connectivity index (χ3v) is 4.92. The predicted octanol–water partition coefficient (Wildman–Crippen LogP) is 2.93. The van der Waals surface area contributed by atoms with Crippen LogP contribution in [-0.4, -0.2) is 38.5 Å². The molecule has 6 heteroatoms. The van der Waals surface area contributed by atoms with Crippen molar-refractivity contribution in [2.24, 2.45) is 0 Å². The Morgan fingerprint density at radius 3 is 2.65 bits per heavy atom. The van der Waals surface area contributed by atoms with Crippen LogP contribution in [-0.2, 0) is 4.79 Å². The minimum Gasteiger partial charge on any atom is -0.370 e. The smallest absolute Gasteiger partial charge is 0.255 e. The fourth-order valence-electron chi connectivity index (χ4n) is 3.61. The summed E-state index contributed by atoms with van der Waals surface area (Å²) in [6, 6.07) is 13.3. The lowest BCUT2D eigenvalue weighted by Crippen LogP contribution is -2.35. The summed E-state index contributed by atoms with van der Waals surface area (Å²) < 4.78 is 0. The number of nitrogens with zero attached hydrogens (tertiary/aromatic N) is 2. The highest BCUT2D eigenvalue weighted by atomic mass is 16.2. The zero-order valence-electron chi connectivity index (χ0n) is 14.8.